The maximum absolute atomic E-state index is 13.4. The van der Waals surface area contributed by atoms with Crippen molar-refractivity contribution in [2.45, 2.75) is 45.9 Å². The number of fused-ring (bicyclic) bond motifs is 1. The lowest BCUT2D eigenvalue weighted by molar-refractivity contribution is -0.385. The van der Waals surface area contributed by atoms with Crippen molar-refractivity contribution in [1.29, 1.82) is 0 Å². The van der Waals surface area contributed by atoms with Crippen molar-refractivity contribution in [2.75, 3.05) is 11.0 Å². The van der Waals surface area contributed by atoms with Crippen molar-refractivity contribution < 1.29 is 43.7 Å². The molecule has 4 aromatic carbocycles. The second kappa shape index (κ2) is 12.7. The van der Waals surface area contributed by atoms with E-state index in [2.05, 4.69) is 19.7 Å². The molecule has 0 amide bonds. The molecule has 0 aliphatic carbocycles. The zero-order valence-corrected chi connectivity index (χ0v) is 29.3. The van der Waals surface area contributed by atoms with E-state index in [0.29, 0.717) is 0 Å². The summed E-state index contributed by atoms with van der Waals surface area (Å²) in [5.41, 5.74) is -2.62. The molecular formula is C27H26ClN5O11S4. The predicted molar refractivity (Wildman–Crippen MR) is 176 cm³/mol. The van der Waals surface area contributed by atoms with Crippen LogP contribution in [-0.4, -0.2) is 55.5 Å². The molecule has 0 atom stereocenters. The van der Waals surface area contributed by atoms with Crippen LogP contribution in [0.3, 0.4) is 0 Å². The minimum Gasteiger partial charge on any atom is -0.506 e. The molecule has 0 radical (unpaired) electrons. The van der Waals surface area contributed by atoms with Crippen LogP contribution in [0.4, 0.5) is 22.7 Å². The molecule has 0 bridgehead atoms. The fourth-order valence-corrected chi connectivity index (χ4v) is 8.71. The van der Waals surface area contributed by atoms with E-state index in [1.807, 2.05) is 0 Å². The fraction of sp³-hybridized carbons (Fsp3) is 0.185. The summed E-state index contributed by atoms with van der Waals surface area (Å²) in [6.07, 6.45) is 0.779. The van der Waals surface area contributed by atoms with Crippen LogP contribution >= 0.6 is 10.7 Å². The van der Waals surface area contributed by atoms with Crippen molar-refractivity contribution >= 4 is 83.1 Å². The number of anilines is 1. The monoisotopic (exact) mass is 759 g/mol. The third kappa shape index (κ3) is 8.08. The largest absolute Gasteiger partial charge is 0.506 e. The van der Waals surface area contributed by atoms with Crippen molar-refractivity contribution in [3.63, 3.8) is 0 Å². The lowest BCUT2D eigenvalue weighted by Gasteiger charge is -2.22. The standard InChI is InChI=1S/C27H26ClN5O11S4/c1-27(2,3)32-48(43,44)24-15-22(30-29-20-12-11-16(33(35)36)13-23(20)45(4,37)38)25-19(26(24)34)9-6-10-21(25)31-47(41,42)18-8-5-7-17(14-18)46(28,39)40/h5-15,31-32,34H,1-4H3. The molecule has 0 fully saturated rings. The SMILES string of the molecule is CC(C)(C)NS(=O)(=O)c1cc(N=Nc2ccc([N+](=O)[O-])cc2S(C)(=O)=O)c2c(NS(=O)(=O)c3cccc(S(=O)(=O)Cl)c3)cccc2c1O. The maximum Gasteiger partial charge on any atom is 0.270 e. The van der Waals surface area contributed by atoms with Crippen molar-refractivity contribution in [1.82, 2.24) is 4.72 Å². The number of benzene rings is 4. The topological polar surface area (TPSA) is 249 Å². The van der Waals surface area contributed by atoms with E-state index in [1.54, 1.807) is 20.8 Å². The van der Waals surface area contributed by atoms with E-state index in [-0.39, 0.29) is 27.8 Å². The second-order valence-electron chi connectivity index (χ2n) is 11.2. The molecule has 4 aromatic rings. The van der Waals surface area contributed by atoms with Gasteiger partial charge in [0, 0.05) is 45.4 Å². The zero-order chi connectivity index (χ0) is 36.0. The Hall–Kier alpha value is -4.21. The first-order valence-electron chi connectivity index (χ1n) is 13.2. The number of sulfonamides is 2. The number of phenolic OH excluding ortho intramolecular Hbond substituents is 1. The number of non-ortho nitro benzene ring substituents is 1. The Bertz CT molecular complexity index is 2460. The number of phenols is 1. The molecule has 16 nitrogen and oxygen atoms in total. The van der Waals surface area contributed by atoms with Gasteiger partial charge in [0.1, 0.15) is 21.2 Å². The molecular weight excluding hydrogens is 734 g/mol. The Morgan fingerprint density at radius 3 is 1.98 bits per heavy atom. The maximum atomic E-state index is 13.4. The van der Waals surface area contributed by atoms with Gasteiger partial charge >= 0.3 is 0 Å². The molecule has 0 aliphatic rings. The number of azo groups is 1. The molecule has 48 heavy (non-hydrogen) atoms. The first-order chi connectivity index (χ1) is 21.9. The highest BCUT2D eigenvalue weighted by atomic mass is 35.7. The van der Waals surface area contributed by atoms with E-state index in [1.165, 1.54) is 18.2 Å². The van der Waals surface area contributed by atoms with Crippen LogP contribution in [0.25, 0.3) is 10.8 Å². The number of aromatic hydroxyl groups is 1. The normalized spacial score (nSPS) is 13.2. The predicted octanol–water partition coefficient (Wildman–Crippen LogP) is 5.08. The summed E-state index contributed by atoms with van der Waals surface area (Å²) in [7, 11) is -12.1. The minimum absolute atomic E-state index is 0.207. The number of nitrogens with zero attached hydrogens (tertiary/aromatic N) is 3. The highest BCUT2D eigenvalue weighted by molar-refractivity contribution is 8.13. The first-order valence-corrected chi connectivity index (χ1v) is 20.4. The number of nitro benzene ring substituents is 1. The Morgan fingerprint density at radius 1 is 0.792 bits per heavy atom. The Labute approximate surface area is 280 Å². The van der Waals surface area contributed by atoms with Crippen LogP contribution in [0.15, 0.2) is 96.5 Å². The van der Waals surface area contributed by atoms with Crippen molar-refractivity contribution in [3.05, 3.63) is 76.8 Å². The van der Waals surface area contributed by atoms with Gasteiger partial charge < -0.3 is 5.11 Å². The van der Waals surface area contributed by atoms with Gasteiger partial charge in [0.05, 0.1) is 26.1 Å². The summed E-state index contributed by atoms with van der Waals surface area (Å²) in [5.74, 6) is -0.802. The summed E-state index contributed by atoms with van der Waals surface area (Å²) in [6, 6.07) is 11.5. The molecule has 4 rings (SSSR count). The van der Waals surface area contributed by atoms with E-state index in [0.717, 1.165) is 54.8 Å². The molecule has 3 N–H and O–H groups in total. The number of hydrogen-bond acceptors (Lipinski definition) is 13. The first kappa shape index (κ1) is 36.6. The molecule has 0 unspecified atom stereocenters. The molecule has 0 saturated carbocycles. The quantitative estimate of drug-likeness (QED) is 0.0832. The van der Waals surface area contributed by atoms with Crippen molar-refractivity contribution in [3.8, 4) is 5.75 Å². The average molecular weight is 760 g/mol. The smallest absolute Gasteiger partial charge is 0.270 e. The molecule has 21 heteroatoms. The van der Waals surface area contributed by atoms with Gasteiger partial charge in [-0.05, 0) is 57.2 Å². The van der Waals surface area contributed by atoms with Gasteiger partial charge in [0.15, 0.2) is 9.84 Å². The Kier molecular flexibility index (Phi) is 9.67. The summed E-state index contributed by atoms with van der Waals surface area (Å²) in [6.45, 7) is 4.63. The second-order valence-corrected chi connectivity index (χ2v) is 19.1. The Balaban J connectivity index is 2.02. The molecule has 0 heterocycles. The van der Waals surface area contributed by atoms with E-state index in [9.17, 15) is 48.9 Å². The van der Waals surface area contributed by atoms with E-state index >= 15 is 0 Å². The van der Waals surface area contributed by atoms with Crippen LogP contribution in [0.5, 0.6) is 5.75 Å². The van der Waals surface area contributed by atoms with Crippen LogP contribution < -0.4 is 9.44 Å². The van der Waals surface area contributed by atoms with Crippen LogP contribution in [0, 0.1) is 10.1 Å². The fourth-order valence-electron chi connectivity index (χ4n) is 4.35. The molecule has 0 aromatic heterocycles. The number of hydrogen-bond donors (Lipinski definition) is 3. The lowest BCUT2D eigenvalue weighted by Crippen LogP contribution is -2.40. The highest BCUT2D eigenvalue weighted by Crippen LogP contribution is 2.44. The summed E-state index contributed by atoms with van der Waals surface area (Å²) >= 11 is 0. The minimum atomic E-state index is -4.59. The third-order valence-electron chi connectivity index (χ3n) is 6.27. The summed E-state index contributed by atoms with van der Waals surface area (Å²) in [4.78, 5) is 8.15. The molecule has 0 aliphatic heterocycles. The average Bonchev–Trinajstić information content (AvgIpc) is 2.94. The van der Waals surface area contributed by atoms with Gasteiger partial charge in [-0.25, -0.2) is 38.4 Å². The van der Waals surface area contributed by atoms with Crippen LogP contribution in [0.2, 0.25) is 0 Å². The number of rotatable bonds is 10. The zero-order valence-electron chi connectivity index (χ0n) is 25.2. The molecule has 0 spiro atoms. The highest BCUT2D eigenvalue weighted by Gasteiger charge is 2.29. The van der Waals surface area contributed by atoms with E-state index in [4.69, 9.17) is 10.7 Å². The van der Waals surface area contributed by atoms with Crippen molar-refractivity contribution in [2.24, 2.45) is 10.2 Å². The summed E-state index contributed by atoms with van der Waals surface area (Å²) in [5, 5.41) is 30.0. The van der Waals surface area contributed by atoms with Crippen LogP contribution in [0.1, 0.15) is 20.8 Å². The van der Waals surface area contributed by atoms with Gasteiger partial charge in [-0.15, -0.1) is 10.2 Å². The van der Waals surface area contributed by atoms with Gasteiger partial charge in [0.25, 0.3) is 24.8 Å². The lowest BCUT2D eigenvalue weighted by atomic mass is 10.1. The third-order valence-corrected chi connectivity index (χ3v) is 11.9. The van der Waals surface area contributed by atoms with Gasteiger partial charge in [0.2, 0.25) is 10.0 Å². The number of nitrogens with one attached hydrogen (secondary N) is 2. The number of nitro groups is 1. The molecule has 256 valence electrons. The van der Waals surface area contributed by atoms with Gasteiger partial charge in [-0.3, -0.25) is 14.8 Å². The molecule has 0 saturated heterocycles. The van der Waals surface area contributed by atoms with Gasteiger partial charge in [-0.2, -0.15) is 0 Å². The van der Waals surface area contributed by atoms with E-state index < -0.39 is 80.4 Å². The number of halogens is 1. The number of sulfone groups is 1. The van der Waals surface area contributed by atoms with Gasteiger partial charge in [-0.1, -0.05) is 18.2 Å². The van der Waals surface area contributed by atoms with Crippen LogP contribution in [-0.2, 0) is 38.9 Å². The Morgan fingerprint density at radius 2 is 1.40 bits per heavy atom. The summed E-state index contributed by atoms with van der Waals surface area (Å²) < 4.78 is 107.